The highest BCUT2D eigenvalue weighted by Gasteiger charge is 2.14. The molecule has 0 spiro atoms. The Morgan fingerprint density at radius 1 is 1.39 bits per heavy atom. The van der Waals surface area contributed by atoms with E-state index in [2.05, 4.69) is 21.5 Å². The molecule has 9 heteroatoms. The third kappa shape index (κ3) is 6.41. The second-order valence-corrected chi connectivity index (χ2v) is 7.59. The normalized spacial score (nSPS) is 14.4. The number of methoxy groups -OCH3 is 1. The second kappa shape index (κ2) is 10.8. The Morgan fingerprint density at radius 2 is 2.23 bits per heavy atom. The van der Waals surface area contributed by atoms with Crippen LogP contribution < -0.4 is 10.1 Å². The van der Waals surface area contributed by atoms with E-state index >= 15 is 0 Å². The van der Waals surface area contributed by atoms with Gasteiger partial charge in [0, 0.05) is 32.5 Å². The van der Waals surface area contributed by atoms with Gasteiger partial charge in [0.1, 0.15) is 22.7 Å². The molecule has 1 atom stereocenters. The first-order chi connectivity index (χ1) is 15.0. The summed E-state index contributed by atoms with van der Waals surface area (Å²) in [4.78, 5) is 22.7. The third-order valence-corrected chi connectivity index (χ3v) is 4.97. The molecule has 0 radical (unpaired) electrons. The zero-order valence-corrected chi connectivity index (χ0v) is 18.2. The Morgan fingerprint density at radius 3 is 2.87 bits per heavy atom. The van der Waals surface area contributed by atoms with Gasteiger partial charge in [-0.3, -0.25) is 9.78 Å². The minimum absolute atomic E-state index is 0.162. The van der Waals surface area contributed by atoms with Crippen LogP contribution in [0, 0.1) is 11.5 Å². The molecule has 1 amide bonds. The molecule has 0 saturated carbocycles. The number of nitriles is 1. The molecule has 0 fully saturated rings. The molecular formula is C22H24ClN5O3. The lowest BCUT2D eigenvalue weighted by Gasteiger charge is -2.20. The second-order valence-electron chi connectivity index (χ2n) is 7.19. The lowest BCUT2D eigenvalue weighted by molar-refractivity contribution is -0.115. The van der Waals surface area contributed by atoms with Crippen LogP contribution in [0.1, 0.15) is 24.6 Å². The van der Waals surface area contributed by atoms with Crippen molar-refractivity contribution in [1.29, 1.82) is 5.26 Å². The molecule has 0 bridgehead atoms. The molecule has 0 saturated heterocycles. The molecule has 162 valence electrons. The number of halogens is 1. The van der Waals surface area contributed by atoms with Crippen LogP contribution >= 0.6 is 11.6 Å². The van der Waals surface area contributed by atoms with Crippen LogP contribution in [0.25, 0.3) is 5.57 Å². The summed E-state index contributed by atoms with van der Waals surface area (Å²) >= 11 is 6.13. The first kappa shape index (κ1) is 22.5. The van der Waals surface area contributed by atoms with Crippen molar-refractivity contribution in [2.75, 3.05) is 32.1 Å². The van der Waals surface area contributed by atoms with Gasteiger partial charge < -0.3 is 19.7 Å². The van der Waals surface area contributed by atoms with Crippen LogP contribution in [0.3, 0.4) is 0 Å². The number of carbonyl (C=O) groups is 1. The van der Waals surface area contributed by atoms with Crippen LogP contribution in [0.15, 0.2) is 36.7 Å². The predicted octanol–water partition coefficient (Wildman–Crippen LogP) is 3.30. The lowest BCUT2D eigenvalue weighted by Crippen LogP contribution is -2.23. The lowest BCUT2D eigenvalue weighted by atomic mass is 10.0. The van der Waals surface area contributed by atoms with Crippen LogP contribution in [0.2, 0.25) is 5.02 Å². The number of rotatable bonds is 8. The van der Waals surface area contributed by atoms with E-state index in [-0.39, 0.29) is 18.4 Å². The first-order valence-corrected chi connectivity index (χ1v) is 10.3. The standard InChI is InChI=1S/C22H24ClN5O3/c1-15(13-30-2)31-20-10-21(26-12-18(20)23)27-22(29)9-16-3-4-19(25-11-16)17-5-7-28(14-24)8-6-17/h3-5,10-12,15H,6-9,13H2,1-2H3,(H,26,27,29)/t15-/m1/s1. The highest BCUT2D eigenvalue weighted by Crippen LogP contribution is 2.27. The zero-order chi connectivity index (χ0) is 22.2. The van der Waals surface area contributed by atoms with E-state index in [0.717, 1.165) is 23.3 Å². The number of hydrogen-bond acceptors (Lipinski definition) is 7. The van der Waals surface area contributed by atoms with Gasteiger partial charge in [-0.25, -0.2) is 4.98 Å². The fourth-order valence-corrected chi connectivity index (χ4v) is 3.30. The summed E-state index contributed by atoms with van der Waals surface area (Å²) in [6, 6.07) is 5.38. The molecule has 1 aliphatic rings. The Labute approximate surface area is 186 Å². The van der Waals surface area contributed by atoms with E-state index in [9.17, 15) is 4.79 Å². The van der Waals surface area contributed by atoms with E-state index in [1.54, 1.807) is 24.3 Å². The van der Waals surface area contributed by atoms with Crippen molar-refractivity contribution in [1.82, 2.24) is 14.9 Å². The maximum atomic E-state index is 12.4. The molecule has 1 N–H and O–H groups in total. The molecule has 2 aromatic heterocycles. The SMILES string of the molecule is COC[C@@H](C)Oc1cc(NC(=O)Cc2ccc(C3=CCN(C#N)CC3)nc2)ncc1Cl. The number of carbonyl (C=O) groups excluding carboxylic acids is 1. The molecule has 0 aliphatic carbocycles. The van der Waals surface area contributed by atoms with Gasteiger partial charge in [0.2, 0.25) is 5.91 Å². The molecule has 0 aromatic carbocycles. The highest BCUT2D eigenvalue weighted by molar-refractivity contribution is 6.32. The Kier molecular flexibility index (Phi) is 7.82. The smallest absolute Gasteiger partial charge is 0.230 e. The number of ether oxygens (including phenoxy) is 2. The molecule has 1 aliphatic heterocycles. The van der Waals surface area contributed by atoms with Crippen molar-refractivity contribution in [3.05, 3.63) is 52.9 Å². The molecule has 3 heterocycles. The van der Waals surface area contributed by atoms with Gasteiger partial charge in [-0.15, -0.1) is 0 Å². The van der Waals surface area contributed by atoms with Gasteiger partial charge in [0.25, 0.3) is 0 Å². The van der Waals surface area contributed by atoms with E-state index in [0.29, 0.717) is 36.3 Å². The quantitative estimate of drug-likeness (QED) is 0.627. The number of hydrogen-bond donors (Lipinski definition) is 1. The zero-order valence-electron chi connectivity index (χ0n) is 17.5. The first-order valence-electron chi connectivity index (χ1n) is 9.88. The number of anilines is 1. The monoisotopic (exact) mass is 441 g/mol. The predicted molar refractivity (Wildman–Crippen MR) is 118 cm³/mol. The topological polar surface area (TPSA) is 100 Å². The van der Waals surface area contributed by atoms with Crippen molar-refractivity contribution < 1.29 is 14.3 Å². The minimum Gasteiger partial charge on any atom is -0.487 e. The molecule has 31 heavy (non-hydrogen) atoms. The van der Waals surface area contributed by atoms with Crippen molar-refractivity contribution in [2.45, 2.75) is 25.9 Å². The van der Waals surface area contributed by atoms with Gasteiger partial charge in [-0.05, 0) is 30.5 Å². The maximum absolute atomic E-state index is 12.4. The van der Waals surface area contributed by atoms with Crippen molar-refractivity contribution in [2.24, 2.45) is 0 Å². The Balaban J connectivity index is 1.58. The largest absolute Gasteiger partial charge is 0.487 e. The van der Waals surface area contributed by atoms with Crippen molar-refractivity contribution in [3.63, 3.8) is 0 Å². The molecule has 3 rings (SSSR count). The van der Waals surface area contributed by atoms with Crippen LogP contribution in [0.4, 0.5) is 5.82 Å². The summed E-state index contributed by atoms with van der Waals surface area (Å²) in [5.41, 5.74) is 2.77. The molecule has 0 unspecified atom stereocenters. The highest BCUT2D eigenvalue weighted by atomic mass is 35.5. The summed E-state index contributed by atoms with van der Waals surface area (Å²) in [6.45, 7) is 3.56. The average Bonchev–Trinajstić information content (AvgIpc) is 2.77. The van der Waals surface area contributed by atoms with Crippen molar-refractivity contribution in [3.8, 4) is 11.9 Å². The number of amides is 1. The summed E-state index contributed by atoms with van der Waals surface area (Å²) in [6.07, 6.45) is 8.04. The number of pyridine rings is 2. The molecule has 2 aromatic rings. The van der Waals surface area contributed by atoms with Gasteiger partial charge in [-0.1, -0.05) is 23.7 Å². The van der Waals surface area contributed by atoms with E-state index < -0.39 is 0 Å². The maximum Gasteiger partial charge on any atom is 0.230 e. The molecule has 8 nitrogen and oxygen atoms in total. The van der Waals surface area contributed by atoms with E-state index in [4.69, 9.17) is 26.3 Å². The van der Waals surface area contributed by atoms with Gasteiger partial charge >= 0.3 is 0 Å². The fourth-order valence-electron chi connectivity index (χ4n) is 3.15. The average molecular weight is 442 g/mol. The van der Waals surface area contributed by atoms with Crippen LogP contribution in [0.5, 0.6) is 5.75 Å². The van der Waals surface area contributed by atoms with Crippen LogP contribution in [-0.2, 0) is 16.0 Å². The third-order valence-electron chi connectivity index (χ3n) is 4.69. The van der Waals surface area contributed by atoms with E-state index in [1.165, 1.54) is 6.20 Å². The Hall–Kier alpha value is -3.15. The number of nitrogens with one attached hydrogen (secondary N) is 1. The van der Waals surface area contributed by atoms with Crippen molar-refractivity contribution >= 4 is 28.9 Å². The van der Waals surface area contributed by atoms with Crippen LogP contribution in [-0.4, -0.2) is 53.7 Å². The summed E-state index contributed by atoms with van der Waals surface area (Å²) in [5.74, 6) is 0.563. The van der Waals surface area contributed by atoms with Gasteiger partial charge in [0.15, 0.2) is 6.19 Å². The van der Waals surface area contributed by atoms with Gasteiger partial charge in [-0.2, -0.15) is 5.26 Å². The number of aromatic nitrogens is 2. The Bertz CT molecular complexity index is 988. The molecular weight excluding hydrogens is 418 g/mol. The summed E-state index contributed by atoms with van der Waals surface area (Å²) in [5, 5.41) is 12.0. The van der Waals surface area contributed by atoms with E-state index in [1.807, 2.05) is 25.1 Å². The fraction of sp³-hybridized carbons (Fsp3) is 0.364. The number of nitrogens with zero attached hydrogens (tertiary/aromatic N) is 4. The summed E-state index contributed by atoms with van der Waals surface area (Å²) in [7, 11) is 1.59. The van der Waals surface area contributed by atoms with Gasteiger partial charge in [0.05, 0.1) is 24.9 Å². The summed E-state index contributed by atoms with van der Waals surface area (Å²) < 4.78 is 10.8. The minimum atomic E-state index is -0.221.